The summed E-state index contributed by atoms with van der Waals surface area (Å²) >= 11 is 0. The molecule has 0 spiro atoms. The van der Waals surface area contributed by atoms with Crippen LogP contribution in [-0.4, -0.2) is 54.3 Å². The lowest BCUT2D eigenvalue weighted by atomic mass is 9.97. The highest BCUT2D eigenvalue weighted by Gasteiger charge is 2.46. The Morgan fingerprint density at radius 3 is 2.24 bits per heavy atom. The number of carbonyl (C=O) groups is 3. The van der Waals surface area contributed by atoms with Crippen LogP contribution in [0.2, 0.25) is 19.6 Å². The van der Waals surface area contributed by atoms with Crippen LogP contribution in [0.4, 0.5) is 4.79 Å². The summed E-state index contributed by atoms with van der Waals surface area (Å²) in [6.45, 7) is 11.5. The number of amides is 2. The van der Waals surface area contributed by atoms with E-state index in [0.717, 1.165) is 4.90 Å². The number of imide groups is 1. The standard InChI is InChI=1S/C19H22N2O5.C4H10N2Si/c1-19(2,3)26-18(24)21-15(13-7-5-12(11-20)6-8-13)9-14(17(21)23)10-16(22)25-4;1-7(2,3)4-6-5/h5-8,14-15H,9-10H2,1-4H3;4H,1-3H3/t14-,15-;/m1./s1. The minimum Gasteiger partial charge on any atom is -0.469 e. The van der Waals surface area contributed by atoms with Crippen LogP contribution in [0.15, 0.2) is 24.3 Å². The van der Waals surface area contributed by atoms with Crippen molar-refractivity contribution in [3.63, 3.8) is 0 Å². The van der Waals surface area contributed by atoms with E-state index in [-0.39, 0.29) is 6.42 Å². The third-order valence-electron chi connectivity index (χ3n) is 4.51. The van der Waals surface area contributed by atoms with Gasteiger partial charge in [-0.25, -0.2) is 9.69 Å². The molecule has 1 aliphatic heterocycles. The molecule has 1 aromatic rings. The van der Waals surface area contributed by atoms with Crippen molar-refractivity contribution >= 4 is 31.9 Å². The van der Waals surface area contributed by atoms with Crippen molar-refractivity contribution in [3.05, 3.63) is 40.9 Å². The van der Waals surface area contributed by atoms with Crippen molar-refractivity contribution in [1.29, 1.82) is 5.26 Å². The second kappa shape index (κ2) is 11.5. The number of rotatable bonds is 4. The van der Waals surface area contributed by atoms with Gasteiger partial charge in [0.1, 0.15) is 5.60 Å². The number of methoxy groups -OCH3 is 1. The van der Waals surface area contributed by atoms with E-state index in [0.29, 0.717) is 17.5 Å². The average molecular weight is 473 g/mol. The summed E-state index contributed by atoms with van der Waals surface area (Å²) in [5.41, 5.74) is 8.43. The van der Waals surface area contributed by atoms with Gasteiger partial charge in [-0.3, -0.25) is 9.59 Å². The molecular weight excluding hydrogens is 440 g/mol. The molecule has 0 bridgehead atoms. The molecule has 9 nitrogen and oxygen atoms in total. The normalized spacial score (nSPS) is 17.8. The predicted molar refractivity (Wildman–Crippen MR) is 125 cm³/mol. The number of nitriles is 1. The molecule has 2 amide bonds. The van der Waals surface area contributed by atoms with E-state index < -0.39 is 43.6 Å². The monoisotopic (exact) mass is 472 g/mol. The number of likely N-dealkylation sites (tertiary alicyclic amines) is 1. The first-order valence-electron chi connectivity index (χ1n) is 10.5. The fraction of sp³-hybridized carbons (Fsp3) is 0.522. The molecule has 33 heavy (non-hydrogen) atoms. The molecule has 0 saturated carbocycles. The molecule has 1 heterocycles. The first-order valence-corrected chi connectivity index (χ1v) is 14.1. The number of esters is 1. The number of benzene rings is 1. The van der Waals surface area contributed by atoms with Gasteiger partial charge < -0.3 is 15.0 Å². The smallest absolute Gasteiger partial charge is 0.417 e. The second-order valence-corrected chi connectivity index (χ2v) is 14.8. The molecule has 0 unspecified atom stereocenters. The minimum atomic E-state index is -1.20. The summed E-state index contributed by atoms with van der Waals surface area (Å²) in [5.74, 6) is 0.00934. The average Bonchev–Trinajstić information content (AvgIpc) is 3.02. The number of nitrogens with zero attached hydrogens (tertiary/aromatic N) is 4. The summed E-state index contributed by atoms with van der Waals surface area (Å²) in [5, 5.41) is 8.93. The Labute approximate surface area is 195 Å². The molecule has 2 atom stereocenters. The van der Waals surface area contributed by atoms with Crippen LogP contribution >= 0.6 is 0 Å². The van der Waals surface area contributed by atoms with Gasteiger partial charge in [-0.1, -0.05) is 31.8 Å². The van der Waals surface area contributed by atoms with E-state index in [1.54, 1.807) is 50.9 Å². The molecule has 2 rings (SSSR count). The topological polar surface area (TPSA) is 133 Å². The van der Waals surface area contributed by atoms with Crippen molar-refractivity contribution < 1.29 is 28.6 Å². The number of carbonyl (C=O) groups excluding carboxylic acids is 3. The summed E-state index contributed by atoms with van der Waals surface area (Å²) in [6.07, 6.45) is -0.551. The maximum absolute atomic E-state index is 12.8. The molecule has 1 aromatic carbocycles. The Morgan fingerprint density at radius 1 is 1.27 bits per heavy atom. The highest BCUT2D eigenvalue weighted by atomic mass is 28.3. The van der Waals surface area contributed by atoms with E-state index in [2.05, 4.69) is 29.2 Å². The molecule has 0 aliphatic carbocycles. The SMILES string of the molecule is COC(=O)C[C@H]1C[C@H](c2ccc(C#N)cc2)N(C(=O)OC(C)(C)C)C1=O.C[Si](C)(C)C=[N+]=[N-]. The fourth-order valence-electron chi connectivity index (χ4n) is 3.05. The molecule has 10 heteroatoms. The zero-order valence-corrected chi connectivity index (χ0v) is 21.3. The zero-order chi connectivity index (χ0) is 25.4. The molecule has 1 saturated heterocycles. The van der Waals surface area contributed by atoms with Gasteiger partial charge in [-0.2, -0.15) is 10.1 Å². The van der Waals surface area contributed by atoms with Crippen LogP contribution < -0.4 is 0 Å². The number of hydrogen-bond donors (Lipinski definition) is 0. The van der Waals surface area contributed by atoms with Gasteiger partial charge in [0.2, 0.25) is 11.7 Å². The van der Waals surface area contributed by atoms with Gasteiger partial charge in [0.05, 0.1) is 37.1 Å². The molecule has 1 aliphatic rings. The fourth-order valence-corrected chi connectivity index (χ4v) is 3.39. The zero-order valence-electron chi connectivity index (χ0n) is 20.3. The summed E-state index contributed by atoms with van der Waals surface area (Å²) in [7, 11) is 0.0566. The quantitative estimate of drug-likeness (QED) is 0.213. The van der Waals surface area contributed by atoms with Gasteiger partial charge in [-0.15, -0.1) is 0 Å². The van der Waals surface area contributed by atoms with Crippen molar-refractivity contribution in [3.8, 4) is 6.07 Å². The molecule has 178 valence electrons. The maximum atomic E-state index is 12.8. The lowest BCUT2D eigenvalue weighted by Gasteiger charge is -2.27. The van der Waals surface area contributed by atoms with Crippen LogP contribution in [0.25, 0.3) is 5.53 Å². The first kappa shape index (κ1) is 27.8. The first-order chi connectivity index (χ1) is 15.2. The molecule has 0 N–H and O–H groups in total. The Balaban J connectivity index is 0.000000675. The van der Waals surface area contributed by atoms with Crippen LogP contribution in [0.5, 0.6) is 0 Å². The summed E-state index contributed by atoms with van der Waals surface area (Å²) < 4.78 is 10.0. The summed E-state index contributed by atoms with van der Waals surface area (Å²) in [6, 6.07) is 8.13. The lowest BCUT2D eigenvalue weighted by molar-refractivity contribution is -0.144. The van der Waals surface area contributed by atoms with Crippen molar-refractivity contribution in [2.75, 3.05) is 7.11 Å². The van der Waals surface area contributed by atoms with E-state index >= 15 is 0 Å². The Hall–Kier alpha value is -3.28. The second-order valence-electron chi connectivity index (χ2n) is 9.76. The van der Waals surface area contributed by atoms with Gasteiger partial charge >= 0.3 is 12.1 Å². The predicted octanol–water partition coefficient (Wildman–Crippen LogP) is 4.11. The van der Waals surface area contributed by atoms with Gasteiger partial charge in [0, 0.05) is 0 Å². The largest absolute Gasteiger partial charge is 0.469 e. The molecular formula is C23H32N4O5Si. The lowest BCUT2D eigenvalue weighted by Crippen LogP contribution is -2.40. The number of ether oxygens (including phenoxy) is 2. The molecule has 0 radical (unpaired) electrons. The van der Waals surface area contributed by atoms with Crippen LogP contribution in [0.3, 0.4) is 0 Å². The molecule has 0 aromatic heterocycles. The Morgan fingerprint density at radius 2 is 1.85 bits per heavy atom. The summed E-state index contributed by atoms with van der Waals surface area (Å²) in [4.78, 5) is 41.0. The van der Waals surface area contributed by atoms with E-state index in [9.17, 15) is 14.4 Å². The van der Waals surface area contributed by atoms with Crippen LogP contribution in [0, 0.1) is 17.2 Å². The Kier molecular flexibility index (Phi) is 9.71. The van der Waals surface area contributed by atoms with Crippen molar-refractivity contribution in [1.82, 2.24) is 4.90 Å². The highest BCUT2D eigenvalue weighted by Crippen LogP contribution is 2.39. The number of hydrogen-bond acceptors (Lipinski definition) is 6. The van der Waals surface area contributed by atoms with Gasteiger partial charge in [0.25, 0.3) is 0 Å². The van der Waals surface area contributed by atoms with Crippen LogP contribution in [-0.2, 0) is 19.1 Å². The van der Waals surface area contributed by atoms with E-state index in [1.807, 2.05) is 6.07 Å². The highest BCUT2D eigenvalue weighted by molar-refractivity contribution is 6.98. The third kappa shape index (κ3) is 9.00. The maximum Gasteiger partial charge on any atom is 0.417 e. The van der Waals surface area contributed by atoms with Crippen molar-refractivity contribution in [2.45, 2.75) is 64.9 Å². The van der Waals surface area contributed by atoms with Crippen LogP contribution in [0.1, 0.15) is 50.8 Å². The van der Waals surface area contributed by atoms with E-state index in [4.69, 9.17) is 15.5 Å². The molecule has 1 fully saturated rings. The third-order valence-corrected chi connectivity index (χ3v) is 5.40. The minimum absolute atomic E-state index is 0.0958. The van der Waals surface area contributed by atoms with Gasteiger partial charge in [-0.05, 0) is 44.9 Å². The van der Waals surface area contributed by atoms with E-state index in [1.165, 1.54) is 7.11 Å². The van der Waals surface area contributed by atoms with Gasteiger partial charge in [0.15, 0.2) is 8.07 Å². The Bertz CT molecular complexity index is 951. The van der Waals surface area contributed by atoms with Crippen molar-refractivity contribution in [2.24, 2.45) is 5.92 Å².